The van der Waals surface area contributed by atoms with Crippen LogP contribution in [0.1, 0.15) is 23.0 Å². The molecule has 1 unspecified atom stereocenters. The fraction of sp³-hybridized carbons (Fsp3) is 0.308. The van der Waals surface area contributed by atoms with E-state index in [-0.39, 0.29) is 11.9 Å². The molecule has 5 nitrogen and oxygen atoms in total. The van der Waals surface area contributed by atoms with Gasteiger partial charge in [0.05, 0.1) is 6.33 Å². The Morgan fingerprint density at radius 1 is 1.53 bits per heavy atom. The number of nitrogens with zero attached hydrogens (tertiary/aromatic N) is 3. The molecule has 0 radical (unpaired) electrons. The number of carbonyl (C=O) groups excluding carboxylic acids is 1. The highest BCUT2D eigenvalue weighted by Crippen LogP contribution is 2.10. The van der Waals surface area contributed by atoms with Gasteiger partial charge in [0, 0.05) is 36.2 Å². The molecule has 0 aliphatic rings. The molecule has 0 aromatic carbocycles. The summed E-state index contributed by atoms with van der Waals surface area (Å²) < 4.78 is 1.91. The predicted molar refractivity (Wildman–Crippen MR) is 73.1 cm³/mol. The molecule has 2 rings (SSSR count). The molecule has 19 heavy (non-hydrogen) atoms. The molecule has 0 aliphatic heterocycles. The number of pyridine rings is 1. The Morgan fingerprint density at radius 3 is 2.95 bits per heavy atom. The normalized spacial score (nSPS) is 12.2. The summed E-state index contributed by atoms with van der Waals surface area (Å²) in [5.41, 5.74) is 1.25. The molecule has 2 aromatic rings. The SMILES string of the molecule is Cc1cc(C(=O)NC(C)Cn2ccnc2)cc(Cl)n1. The lowest BCUT2D eigenvalue weighted by Gasteiger charge is -2.14. The number of halogens is 1. The van der Waals surface area contributed by atoms with Crippen LogP contribution in [-0.4, -0.2) is 26.5 Å². The van der Waals surface area contributed by atoms with E-state index in [4.69, 9.17) is 11.6 Å². The Balaban J connectivity index is 2.00. The molecule has 2 heterocycles. The summed E-state index contributed by atoms with van der Waals surface area (Å²) in [5, 5.41) is 3.24. The average Bonchev–Trinajstić information content (AvgIpc) is 2.80. The van der Waals surface area contributed by atoms with E-state index in [9.17, 15) is 4.79 Å². The van der Waals surface area contributed by atoms with Crippen LogP contribution in [-0.2, 0) is 6.54 Å². The summed E-state index contributed by atoms with van der Waals surface area (Å²) in [6, 6.07) is 3.27. The summed E-state index contributed by atoms with van der Waals surface area (Å²) >= 11 is 5.84. The molecule has 6 heteroatoms. The van der Waals surface area contributed by atoms with Gasteiger partial charge in [-0.2, -0.15) is 0 Å². The molecule has 0 fully saturated rings. The van der Waals surface area contributed by atoms with E-state index in [1.165, 1.54) is 0 Å². The molecule has 0 saturated heterocycles. The van der Waals surface area contributed by atoms with Gasteiger partial charge in [0.2, 0.25) is 0 Å². The maximum atomic E-state index is 12.1. The number of amides is 1. The van der Waals surface area contributed by atoms with Gasteiger partial charge in [-0.15, -0.1) is 0 Å². The molecule has 0 aliphatic carbocycles. The molecule has 0 spiro atoms. The molecule has 100 valence electrons. The molecule has 1 atom stereocenters. The second-order valence-corrected chi connectivity index (χ2v) is 4.84. The van der Waals surface area contributed by atoms with Crippen LogP contribution in [0.15, 0.2) is 30.9 Å². The van der Waals surface area contributed by atoms with E-state index in [0.29, 0.717) is 17.3 Å². The summed E-state index contributed by atoms with van der Waals surface area (Å²) in [4.78, 5) is 20.1. The van der Waals surface area contributed by atoms with Crippen molar-refractivity contribution < 1.29 is 4.79 Å². The highest BCUT2D eigenvalue weighted by Gasteiger charge is 2.11. The van der Waals surface area contributed by atoms with Crippen molar-refractivity contribution in [2.45, 2.75) is 26.4 Å². The molecule has 1 N–H and O–H groups in total. The van der Waals surface area contributed by atoms with Gasteiger partial charge in [-0.1, -0.05) is 11.6 Å². The van der Waals surface area contributed by atoms with Gasteiger partial charge in [-0.05, 0) is 26.0 Å². The Kier molecular flexibility index (Phi) is 4.16. The Labute approximate surface area is 116 Å². The maximum Gasteiger partial charge on any atom is 0.251 e. The van der Waals surface area contributed by atoms with E-state index in [1.807, 2.05) is 17.7 Å². The number of hydrogen-bond acceptors (Lipinski definition) is 3. The summed E-state index contributed by atoms with van der Waals surface area (Å²) in [7, 11) is 0. The molecule has 2 aromatic heterocycles. The van der Waals surface area contributed by atoms with Crippen LogP contribution in [0.4, 0.5) is 0 Å². The van der Waals surface area contributed by atoms with Gasteiger partial charge >= 0.3 is 0 Å². The van der Waals surface area contributed by atoms with Crippen molar-refractivity contribution in [3.8, 4) is 0 Å². The molecular formula is C13H15ClN4O. The molecule has 1 amide bonds. The lowest BCUT2D eigenvalue weighted by molar-refractivity contribution is 0.0936. The standard InChI is InChI=1S/C13H15ClN4O/c1-9-5-11(6-12(14)16-9)13(19)17-10(2)7-18-4-3-15-8-18/h3-6,8,10H,7H2,1-2H3,(H,17,19). The second kappa shape index (κ2) is 5.84. The lowest BCUT2D eigenvalue weighted by atomic mass is 10.2. The maximum absolute atomic E-state index is 12.1. The Morgan fingerprint density at radius 2 is 2.32 bits per heavy atom. The first-order chi connectivity index (χ1) is 9.04. The summed E-state index contributed by atoms with van der Waals surface area (Å²) in [6.45, 7) is 4.41. The van der Waals surface area contributed by atoms with Gasteiger partial charge in [0.15, 0.2) is 0 Å². The number of nitrogens with one attached hydrogen (secondary N) is 1. The van der Waals surface area contributed by atoms with Crippen molar-refractivity contribution in [2.24, 2.45) is 0 Å². The fourth-order valence-corrected chi connectivity index (χ4v) is 2.07. The minimum Gasteiger partial charge on any atom is -0.348 e. The minimum absolute atomic E-state index is 0.00560. The monoisotopic (exact) mass is 278 g/mol. The largest absolute Gasteiger partial charge is 0.348 e. The van der Waals surface area contributed by atoms with E-state index in [2.05, 4.69) is 15.3 Å². The van der Waals surface area contributed by atoms with Crippen LogP contribution in [0.25, 0.3) is 0 Å². The first-order valence-corrected chi connectivity index (χ1v) is 6.33. The first kappa shape index (κ1) is 13.5. The van der Waals surface area contributed by atoms with Crippen LogP contribution >= 0.6 is 11.6 Å². The molecule has 0 bridgehead atoms. The number of carbonyl (C=O) groups is 1. The zero-order chi connectivity index (χ0) is 13.8. The first-order valence-electron chi connectivity index (χ1n) is 5.95. The van der Waals surface area contributed by atoms with Crippen LogP contribution in [0, 0.1) is 6.92 Å². The van der Waals surface area contributed by atoms with Crippen molar-refractivity contribution in [1.29, 1.82) is 0 Å². The minimum atomic E-state index is -0.153. The number of aryl methyl sites for hydroxylation is 1. The number of imidazole rings is 1. The summed E-state index contributed by atoms with van der Waals surface area (Å²) in [5.74, 6) is -0.153. The van der Waals surface area contributed by atoms with E-state index in [0.717, 1.165) is 5.69 Å². The third-order valence-corrected chi connectivity index (χ3v) is 2.80. The molecular weight excluding hydrogens is 264 g/mol. The zero-order valence-corrected chi connectivity index (χ0v) is 11.6. The van der Waals surface area contributed by atoms with Crippen molar-refractivity contribution in [3.05, 3.63) is 47.3 Å². The van der Waals surface area contributed by atoms with Crippen LogP contribution in [0.3, 0.4) is 0 Å². The Bertz CT molecular complexity index is 548. The topological polar surface area (TPSA) is 59.8 Å². The predicted octanol–water partition coefficient (Wildman–Crippen LogP) is 2.06. The van der Waals surface area contributed by atoms with Crippen molar-refractivity contribution in [2.75, 3.05) is 0 Å². The van der Waals surface area contributed by atoms with Gasteiger partial charge < -0.3 is 9.88 Å². The number of aromatic nitrogens is 3. The van der Waals surface area contributed by atoms with Crippen LogP contribution < -0.4 is 5.32 Å². The van der Waals surface area contributed by atoms with E-state index < -0.39 is 0 Å². The van der Waals surface area contributed by atoms with Gasteiger partial charge in [-0.25, -0.2) is 9.97 Å². The van der Waals surface area contributed by atoms with Gasteiger partial charge in [-0.3, -0.25) is 4.79 Å². The smallest absolute Gasteiger partial charge is 0.251 e. The number of hydrogen-bond donors (Lipinski definition) is 1. The third-order valence-electron chi connectivity index (χ3n) is 2.61. The highest BCUT2D eigenvalue weighted by molar-refractivity contribution is 6.29. The third kappa shape index (κ3) is 3.79. The second-order valence-electron chi connectivity index (χ2n) is 4.45. The van der Waals surface area contributed by atoms with Crippen molar-refractivity contribution >= 4 is 17.5 Å². The lowest BCUT2D eigenvalue weighted by Crippen LogP contribution is -2.35. The average molecular weight is 279 g/mol. The van der Waals surface area contributed by atoms with Crippen molar-refractivity contribution in [3.63, 3.8) is 0 Å². The van der Waals surface area contributed by atoms with Gasteiger partial charge in [0.1, 0.15) is 5.15 Å². The van der Waals surface area contributed by atoms with Crippen LogP contribution in [0.5, 0.6) is 0 Å². The Hall–Kier alpha value is -1.88. The summed E-state index contributed by atoms with van der Waals surface area (Å²) in [6.07, 6.45) is 5.28. The van der Waals surface area contributed by atoms with E-state index >= 15 is 0 Å². The van der Waals surface area contributed by atoms with Gasteiger partial charge in [0.25, 0.3) is 5.91 Å². The quantitative estimate of drug-likeness (QED) is 0.871. The number of rotatable bonds is 4. The van der Waals surface area contributed by atoms with Crippen LogP contribution in [0.2, 0.25) is 5.15 Å². The zero-order valence-electron chi connectivity index (χ0n) is 10.8. The molecule has 0 saturated carbocycles. The highest BCUT2D eigenvalue weighted by atomic mass is 35.5. The van der Waals surface area contributed by atoms with E-state index in [1.54, 1.807) is 31.6 Å². The fourth-order valence-electron chi connectivity index (χ4n) is 1.82. The van der Waals surface area contributed by atoms with Crippen molar-refractivity contribution in [1.82, 2.24) is 19.9 Å².